The lowest BCUT2D eigenvalue weighted by atomic mass is 10.1. The van der Waals surface area contributed by atoms with Crippen LogP contribution in [0, 0.1) is 13.8 Å². The van der Waals surface area contributed by atoms with Gasteiger partial charge in [-0.1, -0.05) is 28.2 Å². The predicted octanol–water partition coefficient (Wildman–Crippen LogP) is 3.78. The summed E-state index contributed by atoms with van der Waals surface area (Å²) in [5.74, 6) is 0.621. The fourth-order valence-electron chi connectivity index (χ4n) is 3.99. The van der Waals surface area contributed by atoms with Gasteiger partial charge in [0.25, 0.3) is 0 Å². The molecule has 0 spiro atoms. The molecule has 0 bridgehead atoms. The van der Waals surface area contributed by atoms with Crippen molar-refractivity contribution in [2.75, 3.05) is 13.1 Å². The molecule has 162 valence electrons. The quantitative estimate of drug-likeness (QED) is 0.486. The van der Waals surface area contributed by atoms with Crippen molar-refractivity contribution in [3.8, 4) is 17.0 Å². The normalized spacial score (nSPS) is 16.1. The molecule has 1 atom stereocenters. The van der Waals surface area contributed by atoms with E-state index < -0.39 is 0 Å². The van der Waals surface area contributed by atoms with Crippen LogP contribution < -0.4 is 10.1 Å². The average molecular weight is 459 g/mol. The van der Waals surface area contributed by atoms with E-state index in [9.17, 15) is 0 Å². The molecule has 31 heavy (non-hydrogen) atoms. The second kappa shape index (κ2) is 8.18. The maximum absolute atomic E-state index is 6.42. The van der Waals surface area contributed by atoms with Gasteiger partial charge in [-0.25, -0.2) is 9.20 Å². The summed E-state index contributed by atoms with van der Waals surface area (Å²) in [6, 6.07) is 2.32. The van der Waals surface area contributed by atoms with Gasteiger partial charge in [0.2, 0.25) is 0 Å². The zero-order chi connectivity index (χ0) is 21.5. The number of nitrogens with one attached hydrogen (secondary N) is 1. The second-order valence-electron chi connectivity index (χ2n) is 7.75. The molecule has 1 saturated heterocycles. The molecule has 5 rings (SSSR count). The van der Waals surface area contributed by atoms with Crippen LogP contribution in [0.5, 0.6) is 5.75 Å². The van der Waals surface area contributed by atoms with Gasteiger partial charge in [-0.05, 0) is 52.8 Å². The molecule has 0 radical (unpaired) electrons. The molecule has 1 fully saturated rings. The van der Waals surface area contributed by atoms with Crippen LogP contribution in [-0.2, 0) is 0 Å². The van der Waals surface area contributed by atoms with E-state index in [1.807, 2.05) is 30.8 Å². The lowest BCUT2D eigenvalue weighted by Gasteiger charge is -2.23. The molecular formula is C20H23ClN8OS. The predicted molar refractivity (Wildman–Crippen MR) is 119 cm³/mol. The third kappa shape index (κ3) is 3.79. The van der Waals surface area contributed by atoms with Crippen molar-refractivity contribution in [3.63, 3.8) is 0 Å². The number of aromatic nitrogens is 7. The van der Waals surface area contributed by atoms with E-state index in [2.05, 4.69) is 37.8 Å². The third-order valence-corrected chi connectivity index (χ3v) is 6.86. The van der Waals surface area contributed by atoms with Gasteiger partial charge >= 0.3 is 0 Å². The van der Waals surface area contributed by atoms with Crippen LogP contribution in [0.2, 0.25) is 5.02 Å². The summed E-state index contributed by atoms with van der Waals surface area (Å²) in [7, 11) is 0. The number of rotatable bonds is 5. The molecule has 1 aliphatic heterocycles. The first-order valence-corrected chi connectivity index (χ1v) is 11.5. The zero-order valence-electron chi connectivity index (χ0n) is 17.5. The topological polar surface area (TPSA) is 95.0 Å². The first-order valence-electron chi connectivity index (χ1n) is 10.3. The van der Waals surface area contributed by atoms with Crippen molar-refractivity contribution in [1.82, 2.24) is 40.1 Å². The Morgan fingerprint density at radius 1 is 1.23 bits per heavy atom. The molecule has 4 aromatic rings. The average Bonchev–Trinajstić information content (AvgIpc) is 3.47. The number of fused-ring (bicyclic) bond motifs is 1. The molecule has 1 N–H and O–H groups in total. The van der Waals surface area contributed by atoms with E-state index in [1.54, 1.807) is 10.7 Å². The number of ether oxygens (including phenoxy) is 1. The summed E-state index contributed by atoms with van der Waals surface area (Å²) in [6.07, 6.45) is 5.35. The van der Waals surface area contributed by atoms with E-state index in [0.29, 0.717) is 22.3 Å². The Morgan fingerprint density at radius 3 is 2.77 bits per heavy atom. The van der Waals surface area contributed by atoms with Gasteiger partial charge in [0.05, 0.1) is 23.0 Å². The van der Waals surface area contributed by atoms with Crippen molar-refractivity contribution >= 4 is 28.5 Å². The molecule has 4 aromatic heterocycles. The molecule has 1 unspecified atom stereocenters. The standard InChI is InChI=1S/C20H23ClN8OS/c1-11-18(25-27-29(11)15-4-6-22-7-5-15)14-8-17(19-16(21)9-23-28(19)10-14)30-12(2)20-26-24-13(3)31-20/h8-10,12,15,22H,4-7H2,1-3H3. The summed E-state index contributed by atoms with van der Waals surface area (Å²) < 4.78 is 10.1. The number of aryl methyl sites for hydroxylation is 1. The second-order valence-corrected chi connectivity index (χ2v) is 9.37. The van der Waals surface area contributed by atoms with E-state index in [-0.39, 0.29) is 6.10 Å². The van der Waals surface area contributed by atoms with Crippen molar-refractivity contribution in [1.29, 1.82) is 0 Å². The molecule has 0 amide bonds. The Kier molecular flexibility index (Phi) is 5.37. The highest BCUT2D eigenvalue weighted by atomic mass is 35.5. The Bertz CT molecular complexity index is 1230. The van der Waals surface area contributed by atoms with Gasteiger partial charge < -0.3 is 10.1 Å². The Balaban J connectivity index is 1.54. The number of halogens is 1. The lowest BCUT2D eigenvalue weighted by molar-refractivity contribution is 0.227. The monoisotopic (exact) mass is 458 g/mol. The third-order valence-electron chi connectivity index (χ3n) is 5.58. The van der Waals surface area contributed by atoms with Crippen LogP contribution >= 0.6 is 22.9 Å². The van der Waals surface area contributed by atoms with Gasteiger partial charge in [0.1, 0.15) is 28.1 Å². The van der Waals surface area contributed by atoms with E-state index in [4.69, 9.17) is 16.3 Å². The van der Waals surface area contributed by atoms with Crippen LogP contribution in [0.1, 0.15) is 47.6 Å². The lowest BCUT2D eigenvalue weighted by Crippen LogP contribution is -2.30. The molecule has 11 heteroatoms. The molecule has 0 aliphatic carbocycles. The Labute approximate surface area is 188 Å². The van der Waals surface area contributed by atoms with Gasteiger partial charge in [-0.15, -0.1) is 15.3 Å². The van der Waals surface area contributed by atoms with Crippen LogP contribution in [0.3, 0.4) is 0 Å². The number of pyridine rings is 1. The fourth-order valence-corrected chi connectivity index (χ4v) is 4.89. The van der Waals surface area contributed by atoms with Gasteiger partial charge in [-0.3, -0.25) is 0 Å². The minimum atomic E-state index is -0.275. The molecule has 9 nitrogen and oxygen atoms in total. The zero-order valence-corrected chi connectivity index (χ0v) is 19.1. The maximum Gasteiger partial charge on any atom is 0.157 e. The van der Waals surface area contributed by atoms with Crippen molar-refractivity contribution in [2.24, 2.45) is 0 Å². The van der Waals surface area contributed by atoms with Crippen LogP contribution in [-0.4, -0.2) is 47.9 Å². The SMILES string of the molecule is Cc1nnc(C(C)Oc2cc(-c3nnn(C4CCNCC4)c3C)cn3ncc(Cl)c23)s1. The van der Waals surface area contributed by atoms with Crippen molar-refractivity contribution in [3.05, 3.63) is 39.2 Å². The van der Waals surface area contributed by atoms with E-state index >= 15 is 0 Å². The molecule has 0 saturated carbocycles. The summed E-state index contributed by atoms with van der Waals surface area (Å²) >= 11 is 7.94. The van der Waals surface area contributed by atoms with Crippen LogP contribution in [0.15, 0.2) is 18.5 Å². The van der Waals surface area contributed by atoms with Crippen LogP contribution in [0.25, 0.3) is 16.8 Å². The molecule has 1 aliphatic rings. The van der Waals surface area contributed by atoms with Gasteiger partial charge in [0, 0.05) is 11.8 Å². The summed E-state index contributed by atoms with van der Waals surface area (Å²) in [6.45, 7) is 7.93. The van der Waals surface area contributed by atoms with E-state index in [1.165, 1.54) is 11.3 Å². The minimum Gasteiger partial charge on any atom is -0.481 e. The number of hydrogen-bond acceptors (Lipinski definition) is 8. The Morgan fingerprint density at radius 2 is 2.03 bits per heavy atom. The number of nitrogens with zero attached hydrogens (tertiary/aromatic N) is 7. The highest BCUT2D eigenvalue weighted by Gasteiger charge is 2.23. The Hall–Kier alpha value is -2.56. The summed E-state index contributed by atoms with van der Waals surface area (Å²) in [4.78, 5) is 0. The largest absolute Gasteiger partial charge is 0.481 e. The highest BCUT2D eigenvalue weighted by molar-refractivity contribution is 7.11. The number of piperidine rings is 1. The van der Waals surface area contributed by atoms with E-state index in [0.717, 1.165) is 52.9 Å². The highest BCUT2D eigenvalue weighted by Crippen LogP contribution is 2.36. The fraction of sp³-hybridized carbons (Fsp3) is 0.450. The molecule has 0 aromatic carbocycles. The maximum atomic E-state index is 6.42. The smallest absolute Gasteiger partial charge is 0.157 e. The molecular weight excluding hydrogens is 436 g/mol. The van der Waals surface area contributed by atoms with Gasteiger partial charge in [-0.2, -0.15) is 5.10 Å². The first-order chi connectivity index (χ1) is 15.0. The van der Waals surface area contributed by atoms with Crippen molar-refractivity contribution < 1.29 is 4.74 Å². The summed E-state index contributed by atoms with van der Waals surface area (Å²) in [5.41, 5.74) is 3.43. The summed E-state index contributed by atoms with van der Waals surface area (Å²) in [5, 5.41) is 27.3. The van der Waals surface area contributed by atoms with Crippen LogP contribution in [0.4, 0.5) is 0 Å². The minimum absolute atomic E-state index is 0.275. The van der Waals surface area contributed by atoms with Gasteiger partial charge in [0.15, 0.2) is 5.01 Å². The van der Waals surface area contributed by atoms with Crippen molar-refractivity contribution in [2.45, 2.75) is 45.8 Å². The molecule has 5 heterocycles. The first kappa shape index (κ1) is 20.3. The number of hydrogen-bond donors (Lipinski definition) is 1.